The van der Waals surface area contributed by atoms with Crippen LogP contribution < -0.4 is 10.1 Å². The lowest BCUT2D eigenvalue weighted by Crippen LogP contribution is -2.30. The van der Waals surface area contributed by atoms with Gasteiger partial charge in [-0.15, -0.1) is 0 Å². The third kappa shape index (κ3) is 4.46. The van der Waals surface area contributed by atoms with E-state index in [4.69, 9.17) is 4.74 Å². The third-order valence-electron chi connectivity index (χ3n) is 4.09. The zero-order valence-electron chi connectivity index (χ0n) is 15.7. The average Bonchev–Trinajstić information content (AvgIpc) is 2.68. The van der Waals surface area contributed by atoms with Gasteiger partial charge in [0.25, 0.3) is 5.91 Å². The van der Waals surface area contributed by atoms with Gasteiger partial charge in [-0.1, -0.05) is 13.8 Å². The van der Waals surface area contributed by atoms with Crippen molar-refractivity contribution in [3.8, 4) is 5.75 Å². The maximum absolute atomic E-state index is 12.5. The van der Waals surface area contributed by atoms with E-state index in [0.29, 0.717) is 18.8 Å². The number of carbonyl (C=O) groups excluding carboxylic acids is 1. The van der Waals surface area contributed by atoms with E-state index in [2.05, 4.69) is 5.32 Å². The minimum Gasteiger partial charge on any atom is -0.490 e. The normalized spacial score (nSPS) is 11.3. The van der Waals surface area contributed by atoms with Crippen LogP contribution in [0.2, 0.25) is 0 Å². The van der Waals surface area contributed by atoms with Crippen LogP contribution in [-0.4, -0.2) is 43.8 Å². The molecule has 0 fully saturated rings. The van der Waals surface area contributed by atoms with E-state index in [1.54, 1.807) is 13.8 Å². The number of nitrogens with zero attached hydrogens (tertiary/aromatic N) is 2. The number of sulfonamides is 1. The standard InChI is InChI=1S/C18H21N3O6S/c1-4-20(5-2)28(25,26)15-9-7-14(8-10-15)19-18(22)13-6-11-17(27-3)16(12-13)21(23)24/h6-12H,4-5H2,1-3H3,(H,19,22). The van der Waals surface area contributed by atoms with E-state index in [1.807, 2.05) is 0 Å². The highest BCUT2D eigenvalue weighted by Crippen LogP contribution is 2.28. The van der Waals surface area contributed by atoms with Gasteiger partial charge in [0, 0.05) is 30.4 Å². The summed E-state index contributed by atoms with van der Waals surface area (Å²) in [6.07, 6.45) is 0. The zero-order valence-corrected chi connectivity index (χ0v) is 16.5. The Balaban J connectivity index is 2.22. The van der Waals surface area contributed by atoms with Crippen LogP contribution in [0.1, 0.15) is 24.2 Å². The molecule has 0 bridgehead atoms. The molecule has 9 nitrogen and oxygen atoms in total. The molecule has 2 rings (SSSR count). The predicted octanol–water partition coefficient (Wildman–Crippen LogP) is 2.89. The van der Waals surface area contributed by atoms with Crippen LogP contribution in [0.15, 0.2) is 47.4 Å². The fraction of sp³-hybridized carbons (Fsp3) is 0.278. The lowest BCUT2D eigenvalue weighted by atomic mass is 10.1. The number of carbonyl (C=O) groups is 1. The molecule has 150 valence electrons. The number of hydrogen-bond donors (Lipinski definition) is 1. The maximum atomic E-state index is 12.5. The summed E-state index contributed by atoms with van der Waals surface area (Å²) in [6.45, 7) is 4.22. The van der Waals surface area contributed by atoms with Gasteiger partial charge in [0.2, 0.25) is 10.0 Å². The molecule has 1 amide bonds. The second-order valence-electron chi connectivity index (χ2n) is 5.71. The molecule has 0 aromatic heterocycles. The van der Waals surface area contributed by atoms with Gasteiger partial charge in [-0.05, 0) is 36.4 Å². The summed E-state index contributed by atoms with van der Waals surface area (Å²) in [7, 11) is -2.29. The van der Waals surface area contributed by atoms with Crippen LogP contribution in [0.4, 0.5) is 11.4 Å². The number of nitrogens with one attached hydrogen (secondary N) is 1. The van der Waals surface area contributed by atoms with Crippen LogP contribution in [0.3, 0.4) is 0 Å². The first-order valence-electron chi connectivity index (χ1n) is 8.48. The highest BCUT2D eigenvalue weighted by Gasteiger charge is 2.22. The van der Waals surface area contributed by atoms with Crippen molar-refractivity contribution in [3.63, 3.8) is 0 Å². The molecule has 2 aromatic carbocycles. The van der Waals surface area contributed by atoms with E-state index in [9.17, 15) is 23.3 Å². The van der Waals surface area contributed by atoms with Crippen molar-refractivity contribution < 1.29 is 22.9 Å². The van der Waals surface area contributed by atoms with Crippen molar-refractivity contribution in [3.05, 3.63) is 58.1 Å². The Morgan fingerprint density at radius 3 is 2.25 bits per heavy atom. The lowest BCUT2D eigenvalue weighted by molar-refractivity contribution is -0.385. The molecule has 1 N–H and O–H groups in total. The second kappa shape index (κ2) is 8.81. The van der Waals surface area contributed by atoms with Gasteiger partial charge in [0.05, 0.1) is 16.9 Å². The molecule has 0 aliphatic heterocycles. The summed E-state index contributed by atoms with van der Waals surface area (Å²) in [5.41, 5.74) is 0.116. The largest absolute Gasteiger partial charge is 0.490 e. The van der Waals surface area contributed by atoms with Crippen molar-refractivity contribution >= 4 is 27.3 Å². The number of methoxy groups -OCH3 is 1. The Labute approximate surface area is 163 Å². The van der Waals surface area contributed by atoms with E-state index < -0.39 is 20.9 Å². The molecule has 0 saturated carbocycles. The SMILES string of the molecule is CCN(CC)S(=O)(=O)c1ccc(NC(=O)c2ccc(OC)c([N+](=O)[O-])c2)cc1. The molecular weight excluding hydrogens is 386 g/mol. The van der Waals surface area contributed by atoms with E-state index in [-0.39, 0.29) is 21.9 Å². The summed E-state index contributed by atoms with van der Waals surface area (Å²) < 4.78 is 31.2. The van der Waals surface area contributed by atoms with Crippen LogP contribution in [0.25, 0.3) is 0 Å². The summed E-state index contributed by atoms with van der Waals surface area (Å²) in [5, 5.41) is 13.7. The van der Waals surface area contributed by atoms with E-state index >= 15 is 0 Å². The monoisotopic (exact) mass is 407 g/mol. The second-order valence-corrected chi connectivity index (χ2v) is 7.65. The summed E-state index contributed by atoms with van der Waals surface area (Å²) >= 11 is 0. The maximum Gasteiger partial charge on any atom is 0.311 e. The Bertz CT molecular complexity index is 969. The van der Waals surface area contributed by atoms with Crippen molar-refractivity contribution in [2.24, 2.45) is 0 Å². The van der Waals surface area contributed by atoms with Gasteiger partial charge in [-0.3, -0.25) is 14.9 Å². The molecule has 28 heavy (non-hydrogen) atoms. The fourth-order valence-electron chi connectivity index (χ4n) is 2.60. The Hall–Kier alpha value is -2.98. The van der Waals surface area contributed by atoms with Gasteiger partial charge < -0.3 is 10.1 Å². The highest BCUT2D eigenvalue weighted by molar-refractivity contribution is 7.89. The van der Waals surface area contributed by atoms with Crippen LogP contribution in [-0.2, 0) is 10.0 Å². The van der Waals surface area contributed by atoms with Gasteiger partial charge in [-0.25, -0.2) is 8.42 Å². The number of anilines is 1. The molecule has 0 unspecified atom stereocenters. The van der Waals surface area contributed by atoms with Crippen LogP contribution in [0, 0.1) is 10.1 Å². The number of nitro benzene ring substituents is 1. The number of nitro groups is 1. The van der Waals surface area contributed by atoms with Gasteiger partial charge >= 0.3 is 5.69 Å². The number of amides is 1. The fourth-order valence-corrected chi connectivity index (χ4v) is 4.06. The van der Waals surface area contributed by atoms with Crippen LogP contribution in [0.5, 0.6) is 5.75 Å². The van der Waals surface area contributed by atoms with Crippen molar-refractivity contribution in [1.82, 2.24) is 4.31 Å². The minimum atomic E-state index is -3.59. The average molecular weight is 407 g/mol. The Morgan fingerprint density at radius 1 is 1.14 bits per heavy atom. The molecule has 0 saturated heterocycles. The Morgan fingerprint density at radius 2 is 1.75 bits per heavy atom. The molecule has 0 aliphatic rings. The molecule has 0 spiro atoms. The smallest absolute Gasteiger partial charge is 0.311 e. The first-order chi connectivity index (χ1) is 13.2. The number of benzene rings is 2. The van der Waals surface area contributed by atoms with E-state index in [0.717, 1.165) is 6.07 Å². The molecule has 10 heteroatoms. The van der Waals surface area contributed by atoms with Crippen molar-refractivity contribution in [1.29, 1.82) is 0 Å². The van der Waals surface area contributed by atoms with Crippen LogP contribution >= 0.6 is 0 Å². The number of rotatable bonds is 8. The Kier molecular flexibility index (Phi) is 6.71. The number of hydrogen-bond acceptors (Lipinski definition) is 6. The summed E-state index contributed by atoms with van der Waals surface area (Å²) in [4.78, 5) is 22.9. The quantitative estimate of drug-likeness (QED) is 0.531. The van der Waals surface area contributed by atoms with Gasteiger partial charge in [0.15, 0.2) is 5.75 Å². The molecule has 2 aromatic rings. The topological polar surface area (TPSA) is 119 Å². The number of ether oxygens (including phenoxy) is 1. The van der Waals surface area contributed by atoms with Gasteiger partial charge in [0.1, 0.15) is 0 Å². The van der Waals surface area contributed by atoms with Gasteiger partial charge in [-0.2, -0.15) is 4.31 Å². The molecule has 0 aliphatic carbocycles. The molecule has 0 heterocycles. The predicted molar refractivity (Wildman–Crippen MR) is 104 cm³/mol. The first kappa shape index (κ1) is 21.3. The summed E-state index contributed by atoms with van der Waals surface area (Å²) in [6, 6.07) is 9.60. The molecular formula is C18H21N3O6S. The van der Waals surface area contributed by atoms with Crippen molar-refractivity contribution in [2.75, 3.05) is 25.5 Å². The van der Waals surface area contributed by atoms with Crippen molar-refractivity contribution in [2.45, 2.75) is 18.7 Å². The zero-order chi connectivity index (χ0) is 20.9. The van der Waals surface area contributed by atoms with E-state index in [1.165, 1.54) is 47.8 Å². The first-order valence-corrected chi connectivity index (χ1v) is 9.92. The molecule has 0 atom stereocenters. The lowest BCUT2D eigenvalue weighted by Gasteiger charge is -2.18. The highest BCUT2D eigenvalue weighted by atomic mass is 32.2. The summed E-state index contributed by atoms with van der Waals surface area (Å²) in [5.74, 6) is -0.516. The molecule has 0 radical (unpaired) electrons. The third-order valence-corrected chi connectivity index (χ3v) is 6.16. The minimum absolute atomic E-state index is 0.0486.